The first-order chi connectivity index (χ1) is 6.60. The van der Waals surface area contributed by atoms with E-state index in [4.69, 9.17) is 10.5 Å². The molecule has 0 amide bonds. The number of nitrogens with zero attached hydrogens (tertiary/aromatic N) is 1. The van der Waals surface area contributed by atoms with Gasteiger partial charge < -0.3 is 10.5 Å². The van der Waals surface area contributed by atoms with Crippen molar-refractivity contribution < 1.29 is 13.5 Å². The van der Waals surface area contributed by atoms with E-state index in [9.17, 15) is 8.78 Å². The summed E-state index contributed by atoms with van der Waals surface area (Å²) in [7, 11) is 1.33. The van der Waals surface area contributed by atoms with Crippen molar-refractivity contribution in [3.8, 4) is 5.75 Å². The Bertz CT molecular complexity index is 333. The maximum Gasteiger partial charge on any atom is 0.270 e. The Morgan fingerprint density at radius 3 is 2.71 bits per heavy atom. The quantitative estimate of drug-likeness (QED) is 0.854. The average Bonchev–Trinajstić information content (AvgIpc) is 2.15. The molecule has 0 aliphatic heterocycles. The lowest BCUT2D eigenvalue weighted by atomic mass is 10.2. The van der Waals surface area contributed by atoms with Crippen molar-refractivity contribution in [2.24, 2.45) is 5.73 Å². The molecule has 0 bridgehead atoms. The molecule has 0 unspecified atom stereocenters. The molecule has 1 aromatic heterocycles. The molecule has 0 radical (unpaired) electrons. The molecule has 0 aliphatic rings. The SMILES string of the molecule is COc1cc(CN)nc(Br)c1C(F)F. The highest BCUT2D eigenvalue weighted by atomic mass is 79.9. The zero-order valence-corrected chi connectivity index (χ0v) is 9.01. The normalized spacial score (nSPS) is 10.7. The number of ether oxygens (including phenoxy) is 1. The monoisotopic (exact) mass is 266 g/mol. The van der Waals surface area contributed by atoms with Crippen LogP contribution in [0.4, 0.5) is 8.78 Å². The van der Waals surface area contributed by atoms with E-state index in [2.05, 4.69) is 20.9 Å². The van der Waals surface area contributed by atoms with Crippen LogP contribution in [0.1, 0.15) is 17.7 Å². The zero-order valence-electron chi connectivity index (χ0n) is 7.43. The van der Waals surface area contributed by atoms with Gasteiger partial charge in [0, 0.05) is 12.6 Å². The Morgan fingerprint density at radius 2 is 2.29 bits per heavy atom. The highest BCUT2D eigenvalue weighted by Crippen LogP contribution is 2.34. The Balaban J connectivity index is 3.27. The molecule has 78 valence electrons. The summed E-state index contributed by atoms with van der Waals surface area (Å²) >= 11 is 2.95. The summed E-state index contributed by atoms with van der Waals surface area (Å²) < 4.78 is 30.0. The summed E-state index contributed by atoms with van der Waals surface area (Å²) in [5.41, 5.74) is 5.59. The predicted octanol–water partition coefficient (Wildman–Crippen LogP) is 2.25. The molecule has 2 N–H and O–H groups in total. The number of nitrogens with two attached hydrogens (primary N) is 1. The topological polar surface area (TPSA) is 48.1 Å². The van der Waals surface area contributed by atoms with Gasteiger partial charge in [-0.2, -0.15) is 0 Å². The molecule has 0 atom stereocenters. The van der Waals surface area contributed by atoms with E-state index in [1.165, 1.54) is 13.2 Å². The van der Waals surface area contributed by atoms with E-state index >= 15 is 0 Å². The maximum atomic E-state index is 12.5. The molecule has 14 heavy (non-hydrogen) atoms. The van der Waals surface area contributed by atoms with Crippen LogP contribution in [0.15, 0.2) is 10.7 Å². The number of aromatic nitrogens is 1. The van der Waals surface area contributed by atoms with Gasteiger partial charge in [0.25, 0.3) is 6.43 Å². The standard InChI is InChI=1S/C8H9BrF2N2O/c1-14-5-2-4(3-12)13-7(9)6(5)8(10)11/h2,8H,3,12H2,1H3. The minimum absolute atomic E-state index is 0.0762. The number of pyridine rings is 1. The molecule has 0 saturated carbocycles. The Morgan fingerprint density at radius 1 is 1.64 bits per heavy atom. The molecule has 0 spiro atoms. The molecule has 0 aliphatic carbocycles. The van der Waals surface area contributed by atoms with Gasteiger partial charge in [-0.05, 0) is 15.9 Å². The Labute approximate surface area is 88.4 Å². The molecule has 1 rings (SSSR count). The fourth-order valence-corrected chi connectivity index (χ4v) is 1.62. The molecule has 0 fully saturated rings. The van der Waals surface area contributed by atoms with Crippen molar-refractivity contribution in [3.05, 3.63) is 21.9 Å². The lowest BCUT2D eigenvalue weighted by Gasteiger charge is -2.10. The van der Waals surface area contributed by atoms with Gasteiger partial charge in [-0.15, -0.1) is 0 Å². The number of hydrogen-bond donors (Lipinski definition) is 1. The molecular formula is C8H9BrF2N2O. The van der Waals surface area contributed by atoms with Gasteiger partial charge in [0.15, 0.2) is 0 Å². The number of halogens is 3. The third-order valence-corrected chi connectivity index (χ3v) is 2.28. The highest BCUT2D eigenvalue weighted by molar-refractivity contribution is 9.10. The van der Waals surface area contributed by atoms with Crippen molar-refractivity contribution in [3.63, 3.8) is 0 Å². The van der Waals surface area contributed by atoms with Gasteiger partial charge in [0.2, 0.25) is 0 Å². The zero-order chi connectivity index (χ0) is 10.7. The van der Waals surface area contributed by atoms with E-state index in [1.54, 1.807) is 0 Å². The fourth-order valence-electron chi connectivity index (χ4n) is 1.02. The smallest absolute Gasteiger partial charge is 0.270 e. The van der Waals surface area contributed by atoms with Crippen LogP contribution in [0.5, 0.6) is 5.75 Å². The minimum atomic E-state index is -2.63. The van der Waals surface area contributed by atoms with Crippen LogP contribution in [0, 0.1) is 0 Å². The van der Waals surface area contributed by atoms with Crippen molar-refractivity contribution >= 4 is 15.9 Å². The van der Waals surface area contributed by atoms with Gasteiger partial charge in [-0.25, -0.2) is 13.8 Å². The molecule has 0 saturated heterocycles. The van der Waals surface area contributed by atoms with E-state index in [0.717, 1.165) is 0 Å². The third-order valence-electron chi connectivity index (χ3n) is 1.67. The summed E-state index contributed by atoms with van der Waals surface area (Å²) in [4.78, 5) is 3.85. The van der Waals surface area contributed by atoms with Gasteiger partial charge >= 0.3 is 0 Å². The second-order valence-electron chi connectivity index (χ2n) is 2.53. The molecular weight excluding hydrogens is 258 g/mol. The van der Waals surface area contributed by atoms with Crippen molar-refractivity contribution in [1.82, 2.24) is 4.98 Å². The first-order valence-corrected chi connectivity index (χ1v) is 4.61. The van der Waals surface area contributed by atoms with Crippen LogP contribution < -0.4 is 10.5 Å². The lowest BCUT2D eigenvalue weighted by molar-refractivity contribution is 0.145. The summed E-state index contributed by atoms with van der Waals surface area (Å²) in [5.74, 6) is 0.0994. The van der Waals surface area contributed by atoms with Crippen molar-refractivity contribution in [2.75, 3.05) is 7.11 Å². The number of hydrogen-bond acceptors (Lipinski definition) is 3. The van der Waals surface area contributed by atoms with Crippen molar-refractivity contribution in [2.45, 2.75) is 13.0 Å². The first kappa shape index (κ1) is 11.3. The van der Waals surface area contributed by atoms with Gasteiger partial charge in [-0.3, -0.25) is 0 Å². The summed E-state index contributed by atoms with van der Waals surface area (Å²) in [6.45, 7) is 0.179. The second-order valence-corrected chi connectivity index (χ2v) is 3.28. The second kappa shape index (κ2) is 4.65. The van der Waals surface area contributed by atoms with Crippen LogP contribution in [0.3, 0.4) is 0 Å². The van der Waals surface area contributed by atoms with E-state index in [0.29, 0.717) is 5.69 Å². The van der Waals surface area contributed by atoms with Crippen LogP contribution in [-0.2, 0) is 6.54 Å². The number of alkyl halides is 2. The lowest BCUT2D eigenvalue weighted by Crippen LogP contribution is -2.04. The number of rotatable bonds is 3. The average molecular weight is 267 g/mol. The van der Waals surface area contributed by atoms with E-state index in [-0.39, 0.29) is 22.5 Å². The molecule has 1 aromatic rings. The van der Waals surface area contributed by atoms with Gasteiger partial charge in [0.1, 0.15) is 10.4 Å². The fraction of sp³-hybridized carbons (Fsp3) is 0.375. The predicted molar refractivity (Wildman–Crippen MR) is 51.3 cm³/mol. The highest BCUT2D eigenvalue weighted by Gasteiger charge is 2.19. The molecule has 0 aromatic carbocycles. The number of methoxy groups -OCH3 is 1. The van der Waals surface area contributed by atoms with Gasteiger partial charge in [-0.1, -0.05) is 0 Å². The summed E-state index contributed by atoms with van der Waals surface area (Å²) in [6.07, 6.45) is -2.63. The molecule has 6 heteroatoms. The summed E-state index contributed by atoms with van der Waals surface area (Å²) in [5, 5.41) is 0. The largest absolute Gasteiger partial charge is 0.496 e. The van der Waals surface area contributed by atoms with Gasteiger partial charge in [0.05, 0.1) is 18.4 Å². The van der Waals surface area contributed by atoms with Crippen molar-refractivity contribution in [1.29, 1.82) is 0 Å². The maximum absolute atomic E-state index is 12.5. The van der Waals surface area contributed by atoms with Crippen LogP contribution in [0.2, 0.25) is 0 Å². The third kappa shape index (κ3) is 2.19. The minimum Gasteiger partial charge on any atom is -0.496 e. The Kier molecular flexibility index (Phi) is 3.77. The van der Waals surface area contributed by atoms with Crippen LogP contribution in [0.25, 0.3) is 0 Å². The van der Waals surface area contributed by atoms with Crippen LogP contribution >= 0.6 is 15.9 Å². The van der Waals surface area contributed by atoms with E-state index < -0.39 is 6.43 Å². The van der Waals surface area contributed by atoms with Crippen LogP contribution in [-0.4, -0.2) is 12.1 Å². The molecule has 1 heterocycles. The Hall–Kier alpha value is -0.750. The summed E-state index contributed by atoms with van der Waals surface area (Å²) in [6, 6.07) is 1.41. The molecule has 3 nitrogen and oxygen atoms in total. The van der Waals surface area contributed by atoms with E-state index in [1.807, 2.05) is 0 Å². The first-order valence-electron chi connectivity index (χ1n) is 3.81.